The monoisotopic (exact) mass is 568 g/mol. The summed E-state index contributed by atoms with van der Waals surface area (Å²) in [7, 11) is 1.84. The number of hydrogen-bond donors (Lipinski definition) is 2. The van der Waals surface area contributed by atoms with E-state index in [0.29, 0.717) is 52.5 Å². The summed E-state index contributed by atoms with van der Waals surface area (Å²) in [6.45, 7) is 3.44. The lowest BCUT2D eigenvalue weighted by Crippen LogP contribution is -2.36. The predicted octanol–water partition coefficient (Wildman–Crippen LogP) is 4.91. The second-order valence-electron chi connectivity index (χ2n) is 5.90. The van der Waals surface area contributed by atoms with Crippen LogP contribution in [0.2, 0.25) is 15.2 Å². The van der Waals surface area contributed by atoms with Crippen LogP contribution in [-0.2, 0) is 20.1 Å². The topological polar surface area (TPSA) is 80.3 Å². The zero-order valence-corrected chi connectivity index (χ0v) is 20.3. The first-order valence-corrected chi connectivity index (χ1v) is 9.71. The molecule has 0 unspecified atom stereocenters. The molecule has 2 heterocycles. The molecular weight excluding hydrogens is 550 g/mol. The molecule has 156 valence electrons. The van der Waals surface area contributed by atoms with Gasteiger partial charge in [0.25, 0.3) is 0 Å². The minimum Gasteiger partial charge on any atom is -0.357 e. The Morgan fingerprint density at radius 3 is 2.52 bits per heavy atom. The summed E-state index contributed by atoms with van der Waals surface area (Å²) in [6.07, 6.45) is 0. The van der Waals surface area contributed by atoms with E-state index in [2.05, 4.69) is 25.8 Å². The fraction of sp³-hybridized carbons (Fsp3) is 0.278. The molecule has 11 heteroatoms. The van der Waals surface area contributed by atoms with Gasteiger partial charge in [-0.2, -0.15) is 4.98 Å². The fourth-order valence-corrected chi connectivity index (χ4v) is 2.99. The highest BCUT2D eigenvalue weighted by Gasteiger charge is 2.11. The first kappa shape index (κ1) is 23.8. The van der Waals surface area contributed by atoms with E-state index in [1.54, 1.807) is 22.8 Å². The quantitative estimate of drug-likeness (QED) is 0.251. The number of aliphatic imine (C=N–C) groups is 1. The molecule has 0 fully saturated rings. The first-order chi connectivity index (χ1) is 13.5. The van der Waals surface area contributed by atoms with Crippen LogP contribution < -0.4 is 10.6 Å². The van der Waals surface area contributed by atoms with E-state index < -0.39 is 0 Å². The number of nitrogens with zero attached hydrogens (tertiary/aromatic N) is 4. The summed E-state index contributed by atoms with van der Waals surface area (Å²) in [5.41, 5.74) is 1.73. The van der Waals surface area contributed by atoms with Crippen molar-refractivity contribution in [3.8, 4) is 11.4 Å². The summed E-state index contributed by atoms with van der Waals surface area (Å²) in [6, 6.07) is 9.04. The van der Waals surface area contributed by atoms with Crippen LogP contribution in [0, 0.1) is 0 Å². The molecule has 0 aliphatic heterocycles. The largest absolute Gasteiger partial charge is 0.357 e. The molecule has 0 bridgehead atoms. The van der Waals surface area contributed by atoms with Crippen molar-refractivity contribution in [2.24, 2.45) is 12.0 Å². The third-order valence-corrected chi connectivity index (χ3v) is 5.03. The second kappa shape index (κ2) is 11.1. The zero-order valence-electron chi connectivity index (χ0n) is 15.7. The van der Waals surface area contributed by atoms with Crippen LogP contribution in [0.4, 0.5) is 0 Å². The van der Waals surface area contributed by atoms with E-state index in [1.807, 2.05) is 26.1 Å². The summed E-state index contributed by atoms with van der Waals surface area (Å²) in [5, 5.41) is 12.0. The molecule has 0 amide bonds. The molecular formula is C18H20Cl3IN6O. The molecule has 3 rings (SSSR count). The van der Waals surface area contributed by atoms with Gasteiger partial charge in [0.2, 0.25) is 11.7 Å². The maximum Gasteiger partial charge on any atom is 0.246 e. The molecule has 3 aromatic rings. The van der Waals surface area contributed by atoms with E-state index in [-0.39, 0.29) is 24.0 Å². The molecule has 0 saturated carbocycles. The lowest BCUT2D eigenvalue weighted by Gasteiger charge is -2.09. The molecule has 29 heavy (non-hydrogen) atoms. The molecule has 1 aromatic carbocycles. The van der Waals surface area contributed by atoms with Gasteiger partial charge in [0, 0.05) is 29.9 Å². The number of nitrogens with one attached hydrogen (secondary N) is 2. The molecule has 0 radical (unpaired) electrons. The van der Waals surface area contributed by atoms with Gasteiger partial charge in [-0.1, -0.05) is 40.0 Å². The Kier molecular flexibility index (Phi) is 9.06. The maximum absolute atomic E-state index is 6.09. The van der Waals surface area contributed by atoms with E-state index in [9.17, 15) is 0 Å². The van der Waals surface area contributed by atoms with Crippen LogP contribution in [0.25, 0.3) is 11.4 Å². The number of rotatable bonds is 6. The number of benzene rings is 1. The Hall–Kier alpha value is -1.49. The lowest BCUT2D eigenvalue weighted by molar-refractivity contribution is 0.375. The summed E-state index contributed by atoms with van der Waals surface area (Å²) < 4.78 is 7.10. The smallest absolute Gasteiger partial charge is 0.246 e. The molecule has 7 nitrogen and oxygen atoms in total. The van der Waals surface area contributed by atoms with Gasteiger partial charge in [0.15, 0.2) is 5.96 Å². The predicted molar refractivity (Wildman–Crippen MR) is 127 cm³/mol. The lowest BCUT2D eigenvalue weighted by atomic mass is 10.2. The average molecular weight is 570 g/mol. The van der Waals surface area contributed by atoms with Gasteiger partial charge in [0.05, 0.1) is 18.1 Å². The summed E-state index contributed by atoms with van der Waals surface area (Å²) in [4.78, 5) is 8.92. The van der Waals surface area contributed by atoms with Gasteiger partial charge in [-0.3, -0.25) is 0 Å². The Balaban J connectivity index is 0.00000300. The number of hydrogen-bond acceptors (Lipinski definition) is 4. The zero-order chi connectivity index (χ0) is 20.1. The minimum absolute atomic E-state index is 0. The molecule has 0 aliphatic rings. The van der Waals surface area contributed by atoms with Gasteiger partial charge < -0.3 is 19.7 Å². The number of aromatic nitrogens is 3. The Morgan fingerprint density at radius 1 is 1.17 bits per heavy atom. The fourth-order valence-electron chi connectivity index (χ4n) is 2.44. The third-order valence-electron chi connectivity index (χ3n) is 3.94. The van der Waals surface area contributed by atoms with E-state index in [0.717, 1.165) is 11.3 Å². The average Bonchev–Trinajstić information content (AvgIpc) is 3.25. The van der Waals surface area contributed by atoms with Crippen molar-refractivity contribution < 1.29 is 4.52 Å². The molecule has 2 N–H and O–H groups in total. The van der Waals surface area contributed by atoms with Gasteiger partial charge in [0.1, 0.15) is 5.15 Å². The van der Waals surface area contributed by atoms with Crippen molar-refractivity contribution in [2.45, 2.75) is 20.0 Å². The van der Waals surface area contributed by atoms with Crippen molar-refractivity contribution in [3.63, 3.8) is 0 Å². The summed E-state index contributed by atoms with van der Waals surface area (Å²) in [5.74, 6) is 1.56. The van der Waals surface area contributed by atoms with Crippen molar-refractivity contribution in [1.29, 1.82) is 0 Å². The Bertz CT molecular complexity index is 971. The van der Waals surface area contributed by atoms with Gasteiger partial charge in [-0.15, -0.1) is 24.0 Å². The van der Waals surface area contributed by atoms with Crippen molar-refractivity contribution in [2.75, 3.05) is 6.54 Å². The summed E-state index contributed by atoms with van der Waals surface area (Å²) >= 11 is 18.0. The van der Waals surface area contributed by atoms with Crippen molar-refractivity contribution >= 4 is 64.7 Å². The van der Waals surface area contributed by atoms with Gasteiger partial charge in [-0.25, -0.2) is 4.99 Å². The van der Waals surface area contributed by atoms with Crippen LogP contribution >= 0.6 is 58.8 Å². The highest BCUT2D eigenvalue weighted by Crippen LogP contribution is 2.25. The standard InChI is InChI=1S/C18H19Cl3N6O.HI/c1-3-22-18(23-9-13-8-14(20)16(21)27(13)2)24-10-15-25-17(26-28-15)11-4-6-12(19)7-5-11;/h4-8H,3,9-10H2,1-2H3,(H2,22,23,24);1H. The third kappa shape index (κ3) is 6.24. The minimum atomic E-state index is 0. The molecule has 0 saturated heterocycles. The van der Waals surface area contributed by atoms with E-state index in [4.69, 9.17) is 39.3 Å². The number of guanidine groups is 1. The molecule has 2 aromatic heterocycles. The van der Waals surface area contributed by atoms with E-state index in [1.165, 1.54) is 0 Å². The first-order valence-electron chi connectivity index (χ1n) is 8.58. The maximum atomic E-state index is 6.09. The normalized spacial score (nSPS) is 11.3. The van der Waals surface area contributed by atoms with Gasteiger partial charge in [-0.05, 0) is 37.3 Å². The SMILES string of the molecule is CCNC(=NCc1cc(Cl)c(Cl)n1C)NCc1nc(-c2ccc(Cl)cc2)no1.I. The van der Waals surface area contributed by atoms with Crippen LogP contribution in [-0.4, -0.2) is 27.2 Å². The molecule has 0 aliphatic carbocycles. The Labute approximate surface area is 200 Å². The van der Waals surface area contributed by atoms with Crippen LogP contribution in [0.15, 0.2) is 39.8 Å². The molecule has 0 atom stereocenters. The van der Waals surface area contributed by atoms with Crippen molar-refractivity contribution in [1.82, 2.24) is 25.3 Å². The highest BCUT2D eigenvalue weighted by molar-refractivity contribution is 14.0. The van der Waals surface area contributed by atoms with Crippen molar-refractivity contribution in [3.05, 3.63) is 57.1 Å². The van der Waals surface area contributed by atoms with E-state index >= 15 is 0 Å². The van der Waals surface area contributed by atoms with Crippen LogP contribution in [0.1, 0.15) is 18.5 Å². The Morgan fingerprint density at radius 2 is 1.90 bits per heavy atom. The van der Waals surface area contributed by atoms with Gasteiger partial charge >= 0.3 is 0 Å². The number of halogens is 4. The van der Waals surface area contributed by atoms with Crippen LogP contribution in [0.3, 0.4) is 0 Å². The van der Waals surface area contributed by atoms with Crippen LogP contribution in [0.5, 0.6) is 0 Å². The highest BCUT2D eigenvalue weighted by atomic mass is 127. The second-order valence-corrected chi connectivity index (χ2v) is 7.10. The molecule has 0 spiro atoms.